The second-order valence-corrected chi connectivity index (χ2v) is 8.93. The van der Waals surface area contributed by atoms with Gasteiger partial charge in [-0.25, -0.2) is 0 Å². The van der Waals surface area contributed by atoms with E-state index in [1.807, 2.05) is 48.7 Å². The molecule has 0 spiro atoms. The van der Waals surface area contributed by atoms with E-state index in [4.69, 9.17) is 4.74 Å². The van der Waals surface area contributed by atoms with Gasteiger partial charge >= 0.3 is 0 Å². The van der Waals surface area contributed by atoms with E-state index in [-0.39, 0.29) is 0 Å². The standard InChI is InChI=1S/C25H33N3O2/c1-20(2)28-22(12-15-26-28)18-25(29)13-16-27(17-14-25)19-21-8-10-24(11-9-21)30-23-6-4-3-5-7-23/h3-11,15,20,22,29H,12-14,16-19H2,1-2H3. The van der Waals surface area contributed by atoms with Gasteiger partial charge in [0.25, 0.3) is 0 Å². The maximum Gasteiger partial charge on any atom is 0.127 e. The number of ether oxygens (including phenoxy) is 1. The molecule has 4 rings (SSSR count). The van der Waals surface area contributed by atoms with Crippen LogP contribution in [0.25, 0.3) is 0 Å². The van der Waals surface area contributed by atoms with Crippen molar-refractivity contribution in [1.29, 1.82) is 0 Å². The molecule has 2 aromatic carbocycles. The van der Waals surface area contributed by atoms with Gasteiger partial charge in [0.15, 0.2) is 0 Å². The quantitative estimate of drug-likeness (QED) is 0.725. The molecule has 1 N–H and O–H groups in total. The highest BCUT2D eigenvalue weighted by molar-refractivity contribution is 5.60. The molecule has 0 bridgehead atoms. The minimum absolute atomic E-state index is 0.332. The van der Waals surface area contributed by atoms with E-state index in [9.17, 15) is 5.11 Å². The number of hydrazone groups is 1. The highest BCUT2D eigenvalue weighted by Gasteiger charge is 2.37. The molecule has 2 heterocycles. The molecule has 0 radical (unpaired) electrons. The summed E-state index contributed by atoms with van der Waals surface area (Å²) in [4.78, 5) is 2.44. The molecule has 160 valence electrons. The normalized spacial score (nSPS) is 21.3. The van der Waals surface area contributed by atoms with Crippen LogP contribution in [0.4, 0.5) is 0 Å². The van der Waals surface area contributed by atoms with E-state index in [1.54, 1.807) is 0 Å². The second kappa shape index (κ2) is 9.19. The summed E-state index contributed by atoms with van der Waals surface area (Å²) in [6.45, 7) is 7.09. The maximum absolute atomic E-state index is 11.2. The lowest BCUT2D eigenvalue weighted by Gasteiger charge is -2.41. The van der Waals surface area contributed by atoms with Gasteiger partial charge in [0.05, 0.1) is 11.6 Å². The lowest BCUT2D eigenvalue weighted by atomic mass is 9.84. The van der Waals surface area contributed by atoms with Crippen molar-refractivity contribution in [2.75, 3.05) is 13.1 Å². The van der Waals surface area contributed by atoms with Crippen molar-refractivity contribution in [3.63, 3.8) is 0 Å². The van der Waals surface area contributed by atoms with Gasteiger partial charge < -0.3 is 9.84 Å². The van der Waals surface area contributed by atoms with E-state index >= 15 is 0 Å². The third-order valence-electron chi connectivity index (χ3n) is 6.21. The van der Waals surface area contributed by atoms with Crippen molar-refractivity contribution in [1.82, 2.24) is 9.91 Å². The molecular weight excluding hydrogens is 374 g/mol. The molecule has 30 heavy (non-hydrogen) atoms. The second-order valence-electron chi connectivity index (χ2n) is 8.93. The van der Waals surface area contributed by atoms with Crippen molar-refractivity contribution in [3.8, 4) is 11.5 Å². The smallest absolute Gasteiger partial charge is 0.127 e. The molecular formula is C25H33N3O2. The Kier molecular flexibility index (Phi) is 6.40. The molecule has 2 aliphatic heterocycles. The lowest BCUT2D eigenvalue weighted by molar-refractivity contribution is -0.0475. The fraction of sp³-hybridized carbons (Fsp3) is 0.480. The Labute approximate surface area is 180 Å². The fourth-order valence-electron chi connectivity index (χ4n) is 4.51. The van der Waals surface area contributed by atoms with Crippen molar-refractivity contribution < 1.29 is 9.84 Å². The van der Waals surface area contributed by atoms with Gasteiger partial charge in [-0.3, -0.25) is 9.91 Å². The number of hydrogen-bond acceptors (Lipinski definition) is 5. The molecule has 0 amide bonds. The monoisotopic (exact) mass is 407 g/mol. The Balaban J connectivity index is 1.26. The summed E-state index contributed by atoms with van der Waals surface area (Å²) in [5, 5.41) is 17.8. The summed E-state index contributed by atoms with van der Waals surface area (Å²) in [5.74, 6) is 1.70. The highest BCUT2D eigenvalue weighted by atomic mass is 16.5. The van der Waals surface area contributed by atoms with Gasteiger partial charge in [0, 0.05) is 38.3 Å². The molecule has 1 atom stereocenters. The largest absolute Gasteiger partial charge is 0.457 e. The molecule has 0 aliphatic carbocycles. The third kappa shape index (κ3) is 5.21. The van der Waals surface area contributed by atoms with Crippen LogP contribution in [-0.2, 0) is 6.54 Å². The van der Waals surface area contributed by atoms with Crippen LogP contribution < -0.4 is 4.74 Å². The van der Waals surface area contributed by atoms with E-state index < -0.39 is 5.60 Å². The molecule has 5 nitrogen and oxygen atoms in total. The molecule has 1 fully saturated rings. The van der Waals surface area contributed by atoms with Gasteiger partial charge in [0.2, 0.25) is 0 Å². The number of para-hydroxylation sites is 1. The van der Waals surface area contributed by atoms with Crippen LogP contribution in [-0.4, -0.2) is 52.0 Å². The number of nitrogens with zero attached hydrogens (tertiary/aromatic N) is 3. The molecule has 1 unspecified atom stereocenters. The van der Waals surface area contributed by atoms with Crippen molar-refractivity contribution in [2.45, 2.75) is 63.8 Å². The Morgan fingerprint density at radius 3 is 2.37 bits per heavy atom. The minimum atomic E-state index is -0.574. The predicted molar refractivity (Wildman–Crippen MR) is 121 cm³/mol. The zero-order valence-electron chi connectivity index (χ0n) is 18.1. The van der Waals surface area contributed by atoms with Gasteiger partial charge in [-0.15, -0.1) is 0 Å². The molecule has 5 heteroatoms. The number of hydrogen-bond donors (Lipinski definition) is 1. The minimum Gasteiger partial charge on any atom is -0.457 e. The van der Waals surface area contributed by atoms with Crippen molar-refractivity contribution >= 4 is 6.21 Å². The first-order valence-corrected chi connectivity index (χ1v) is 11.1. The van der Waals surface area contributed by atoms with Gasteiger partial charge in [-0.05, 0) is 62.9 Å². The number of piperidine rings is 1. The first-order valence-electron chi connectivity index (χ1n) is 11.1. The summed E-state index contributed by atoms with van der Waals surface area (Å²) in [5.41, 5.74) is 0.700. The number of likely N-dealkylation sites (tertiary alicyclic amines) is 1. The van der Waals surface area contributed by atoms with E-state index in [2.05, 4.69) is 41.0 Å². The average molecular weight is 408 g/mol. The van der Waals surface area contributed by atoms with Crippen LogP contribution in [0.5, 0.6) is 11.5 Å². The number of benzene rings is 2. The SMILES string of the molecule is CC(C)N1N=CCC1CC1(O)CCN(Cc2ccc(Oc3ccccc3)cc2)CC1. The molecule has 0 saturated carbocycles. The first-order chi connectivity index (χ1) is 14.5. The summed E-state index contributed by atoms with van der Waals surface area (Å²) in [6.07, 6.45) is 5.40. The topological polar surface area (TPSA) is 48.3 Å². The summed E-state index contributed by atoms with van der Waals surface area (Å²) in [6, 6.07) is 18.9. The molecule has 0 aromatic heterocycles. The zero-order chi connectivity index (χ0) is 21.0. The van der Waals surface area contributed by atoms with Gasteiger partial charge in [-0.1, -0.05) is 30.3 Å². The van der Waals surface area contributed by atoms with Crippen LogP contribution >= 0.6 is 0 Å². The molecule has 2 aliphatic rings. The Morgan fingerprint density at radius 2 is 1.70 bits per heavy atom. The van der Waals surface area contributed by atoms with Gasteiger partial charge in [-0.2, -0.15) is 5.10 Å². The first kappa shape index (κ1) is 20.9. The van der Waals surface area contributed by atoms with Crippen LogP contribution in [0.3, 0.4) is 0 Å². The van der Waals surface area contributed by atoms with E-state index in [0.29, 0.717) is 12.1 Å². The van der Waals surface area contributed by atoms with Crippen LogP contribution in [0.2, 0.25) is 0 Å². The van der Waals surface area contributed by atoms with Crippen LogP contribution in [0.15, 0.2) is 59.7 Å². The Morgan fingerprint density at radius 1 is 1.03 bits per heavy atom. The van der Waals surface area contributed by atoms with E-state index in [1.165, 1.54) is 5.56 Å². The lowest BCUT2D eigenvalue weighted by Crippen LogP contribution is -2.48. The van der Waals surface area contributed by atoms with Gasteiger partial charge in [0.1, 0.15) is 11.5 Å². The van der Waals surface area contributed by atoms with Crippen molar-refractivity contribution in [3.05, 3.63) is 60.2 Å². The number of rotatable bonds is 7. The molecule has 2 aromatic rings. The highest BCUT2D eigenvalue weighted by Crippen LogP contribution is 2.32. The molecule has 1 saturated heterocycles. The average Bonchev–Trinajstić information content (AvgIpc) is 3.20. The van der Waals surface area contributed by atoms with Crippen LogP contribution in [0.1, 0.15) is 45.1 Å². The third-order valence-corrected chi connectivity index (χ3v) is 6.21. The Hall–Kier alpha value is -2.37. The van der Waals surface area contributed by atoms with Crippen molar-refractivity contribution in [2.24, 2.45) is 5.10 Å². The summed E-state index contributed by atoms with van der Waals surface area (Å²) >= 11 is 0. The maximum atomic E-state index is 11.2. The zero-order valence-corrected chi connectivity index (χ0v) is 18.1. The Bertz CT molecular complexity index is 827. The summed E-state index contributed by atoms with van der Waals surface area (Å²) in [7, 11) is 0. The fourth-order valence-corrected chi connectivity index (χ4v) is 4.51. The number of aliphatic hydroxyl groups is 1. The summed E-state index contributed by atoms with van der Waals surface area (Å²) < 4.78 is 5.88. The van der Waals surface area contributed by atoms with Crippen LogP contribution in [0, 0.1) is 0 Å². The predicted octanol–water partition coefficient (Wildman–Crippen LogP) is 4.66. The van der Waals surface area contributed by atoms with E-state index in [0.717, 1.165) is 56.8 Å².